The third-order valence-corrected chi connectivity index (χ3v) is 3.24. The maximum atomic E-state index is 11.5. The van der Waals surface area contributed by atoms with Gasteiger partial charge in [0.25, 0.3) is 0 Å². The van der Waals surface area contributed by atoms with Gasteiger partial charge in [0, 0.05) is 17.3 Å². The monoisotopic (exact) mass is 305 g/mol. The zero-order chi connectivity index (χ0) is 15.2. The molecule has 0 bridgehead atoms. The zero-order valence-electron chi connectivity index (χ0n) is 11.9. The molecule has 0 fully saturated rings. The van der Waals surface area contributed by atoms with E-state index in [0.717, 1.165) is 17.0 Å². The summed E-state index contributed by atoms with van der Waals surface area (Å²) in [4.78, 5) is 15.6. The summed E-state index contributed by atoms with van der Waals surface area (Å²) in [5, 5.41) is 0.718. The molecule has 0 saturated carbocycles. The third-order valence-electron chi connectivity index (χ3n) is 2.87. The summed E-state index contributed by atoms with van der Waals surface area (Å²) >= 11 is 6.06. The lowest BCUT2D eigenvalue weighted by atomic mass is 10.1. The second kappa shape index (κ2) is 7.09. The van der Waals surface area contributed by atoms with Crippen molar-refractivity contribution >= 4 is 17.6 Å². The minimum Gasteiger partial charge on any atom is -0.462 e. The molecule has 0 spiro atoms. The Hall–Kier alpha value is -2.07. The molecule has 0 unspecified atom stereocenters. The van der Waals surface area contributed by atoms with Gasteiger partial charge >= 0.3 is 5.97 Å². The highest BCUT2D eigenvalue weighted by Gasteiger charge is 2.08. The molecule has 0 N–H and O–H groups in total. The van der Waals surface area contributed by atoms with E-state index in [0.29, 0.717) is 23.8 Å². The lowest BCUT2D eigenvalue weighted by Gasteiger charge is -2.08. The van der Waals surface area contributed by atoms with Crippen LogP contribution in [0.4, 0.5) is 0 Å². The molecule has 1 heterocycles. The summed E-state index contributed by atoms with van der Waals surface area (Å²) in [5.74, 6) is 0.677. The first-order chi connectivity index (χ1) is 10.1. The maximum Gasteiger partial charge on any atom is 0.339 e. The van der Waals surface area contributed by atoms with Crippen LogP contribution in [0.1, 0.15) is 29.8 Å². The normalized spacial score (nSPS) is 10.2. The van der Waals surface area contributed by atoms with Crippen LogP contribution in [-0.4, -0.2) is 17.6 Å². The van der Waals surface area contributed by atoms with Gasteiger partial charge in [-0.1, -0.05) is 18.5 Å². The lowest BCUT2D eigenvalue weighted by molar-refractivity contribution is 0.0526. The van der Waals surface area contributed by atoms with E-state index in [1.165, 1.54) is 6.20 Å². The fourth-order valence-corrected chi connectivity index (χ4v) is 2.03. The van der Waals surface area contributed by atoms with Gasteiger partial charge < -0.3 is 9.47 Å². The molecule has 4 nitrogen and oxygen atoms in total. The van der Waals surface area contributed by atoms with Crippen LogP contribution in [0.5, 0.6) is 11.6 Å². The zero-order valence-corrected chi connectivity index (χ0v) is 12.7. The Bertz CT molecular complexity index is 626. The fraction of sp³-hybridized carbons (Fsp3) is 0.250. The number of nitrogens with zero attached hydrogens (tertiary/aromatic N) is 1. The molecule has 0 aliphatic carbocycles. The van der Waals surface area contributed by atoms with Crippen molar-refractivity contribution in [3.8, 4) is 11.6 Å². The number of aryl methyl sites for hydroxylation is 1. The van der Waals surface area contributed by atoms with Crippen LogP contribution in [0.25, 0.3) is 0 Å². The first-order valence-electron chi connectivity index (χ1n) is 6.73. The van der Waals surface area contributed by atoms with E-state index >= 15 is 0 Å². The van der Waals surface area contributed by atoms with Crippen LogP contribution in [0.15, 0.2) is 36.5 Å². The summed E-state index contributed by atoms with van der Waals surface area (Å²) < 4.78 is 10.5. The number of hydrogen-bond acceptors (Lipinski definition) is 4. The van der Waals surface area contributed by atoms with Gasteiger partial charge in [0.15, 0.2) is 0 Å². The van der Waals surface area contributed by atoms with Crippen molar-refractivity contribution in [1.29, 1.82) is 0 Å². The van der Waals surface area contributed by atoms with E-state index in [1.807, 2.05) is 13.0 Å². The Kier molecular flexibility index (Phi) is 5.17. The van der Waals surface area contributed by atoms with E-state index in [9.17, 15) is 4.79 Å². The van der Waals surface area contributed by atoms with Crippen molar-refractivity contribution in [2.45, 2.75) is 20.3 Å². The van der Waals surface area contributed by atoms with Crippen LogP contribution in [-0.2, 0) is 11.2 Å². The smallest absolute Gasteiger partial charge is 0.339 e. The summed E-state index contributed by atoms with van der Waals surface area (Å²) in [5.41, 5.74) is 1.41. The quantitative estimate of drug-likeness (QED) is 0.774. The molecule has 2 rings (SSSR count). The SMILES string of the molecule is CCOC(=O)c1ccc(Oc2ccc(Cl)c(CC)c2)nc1. The standard InChI is InChI=1S/C16H16ClNO3/c1-3-11-9-13(6-7-14(11)17)21-15-8-5-12(10-18-15)16(19)20-4-2/h5-10H,3-4H2,1-2H3. The number of esters is 1. The van der Waals surface area contributed by atoms with Gasteiger partial charge in [0.05, 0.1) is 12.2 Å². The van der Waals surface area contributed by atoms with Crippen molar-refractivity contribution in [2.75, 3.05) is 6.61 Å². The van der Waals surface area contributed by atoms with Gasteiger partial charge in [-0.15, -0.1) is 0 Å². The summed E-state index contributed by atoms with van der Waals surface area (Å²) in [7, 11) is 0. The summed E-state index contributed by atoms with van der Waals surface area (Å²) in [6.45, 7) is 4.12. The summed E-state index contributed by atoms with van der Waals surface area (Å²) in [6, 6.07) is 8.71. The Balaban J connectivity index is 2.11. The number of rotatable bonds is 5. The molecule has 0 amide bonds. The van der Waals surface area contributed by atoms with Crippen molar-refractivity contribution in [3.63, 3.8) is 0 Å². The van der Waals surface area contributed by atoms with Crippen molar-refractivity contribution in [2.24, 2.45) is 0 Å². The molecule has 5 heteroatoms. The molecular weight excluding hydrogens is 290 g/mol. The topological polar surface area (TPSA) is 48.4 Å². The number of hydrogen-bond donors (Lipinski definition) is 0. The molecule has 0 saturated heterocycles. The highest BCUT2D eigenvalue weighted by Crippen LogP contribution is 2.25. The predicted molar refractivity (Wildman–Crippen MR) is 81.1 cm³/mol. The fourth-order valence-electron chi connectivity index (χ4n) is 1.78. The number of pyridine rings is 1. The number of halogens is 1. The minimum absolute atomic E-state index is 0.335. The minimum atomic E-state index is -0.392. The lowest BCUT2D eigenvalue weighted by Crippen LogP contribution is -2.04. The van der Waals surface area contributed by atoms with Crippen LogP contribution in [0.2, 0.25) is 5.02 Å². The molecule has 2 aromatic rings. The molecule has 0 radical (unpaired) electrons. The van der Waals surface area contributed by atoms with Crippen LogP contribution < -0.4 is 4.74 Å². The first kappa shape index (κ1) is 15.3. The molecule has 0 aliphatic rings. The van der Waals surface area contributed by atoms with E-state index < -0.39 is 5.97 Å². The largest absolute Gasteiger partial charge is 0.462 e. The third kappa shape index (κ3) is 3.95. The Morgan fingerprint density at radius 2 is 2.05 bits per heavy atom. The highest BCUT2D eigenvalue weighted by atomic mass is 35.5. The second-order valence-corrected chi connectivity index (χ2v) is 4.72. The Morgan fingerprint density at radius 3 is 2.67 bits per heavy atom. The predicted octanol–water partition coefficient (Wildman–Crippen LogP) is 4.27. The number of benzene rings is 1. The van der Waals surface area contributed by atoms with E-state index in [4.69, 9.17) is 21.1 Å². The molecular formula is C16H16ClNO3. The van der Waals surface area contributed by atoms with Crippen molar-refractivity contribution in [1.82, 2.24) is 4.98 Å². The summed E-state index contributed by atoms with van der Waals surface area (Å²) in [6.07, 6.45) is 2.26. The van der Waals surface area contributed by atoms with E-state index in [-0.39, 0.29) is 0 Å². The molecule has 0 atom stereocenters. The Labute approximate surface area is 128 Å². The van der Waals surface area contributed by atoms with Crippen molar-refractivity contribution < 1.29 is 14.3 Å². The van der Waals surface area contributed by atoms with Crippen LogP contribution in [0.3, 0.4) is 0 Å². The van der Waals surface area contributed by atoms with Crippen LogP contribution >= 0.6 is 11.6 Å². The number of aromatic nitrogens is 1. The molecule has 1 aromatic carbocycles. The van der Waals surface area contributed by atoms with Crippen molar-refractivity contribution in [3.05, 3.63) is 52.7 Å². The Morgan fingerprint density at radius 1 is 1.24 bits per heavy atom. The van der Waals surface area contributed by atoms with E-state index in [1.54, 1.807) is 31.2 Å². The molecule has 0 aliphatic heterocycles. The first-order valence-corrected chi connectivity index (χ1v) is 7.11. The number of ether oxygens (including phenoxy) is 2. The van der Waals surface area contributed by atoms with Gasteiger partial charge in [0.2, 0.25) is 5.88 Å². The van der Waals surface area contributed by atoms with Gasteiger partial charge in [-0.3, -0.25) is 0 Å². The number of carbonyl (C=O) groups is 1. The highest BCUT2D eigenvalue weighted by molar-refractivity contribution is 6.31. The molecule has 21 heavy (non-hydrogen) atoms. The average molecular weight is 306 g/mol. The van der Waals surface area contributed by atoms with Crippen LogP contribution in [0, 0.1) is 0 Å². The van der Waals surface area contributed by atoms with E-state index in [2.05, 4.69) is 4.98 Å². The maximum absolute atomic E-state index is 11.5. The van der Waals surface area contributed by atoms with Gasteiger partial charge in [-0.05, 0) is 43.2 Å². The molecule has 110 valence electrons. The van der Waals surface area contributed by atoms with Gasteiger partial charge in [0.1, 0.15) is 5.75 Å². The molecule has 1 aromatic heterocycles. The van der Waals surface area contributed by atoms with Gasteiger partial charge in [-0.25, -0.2) is 9.78 Å². The number of carbonyl (C=O) groups excluding carboxylic acids is 1. The van der Waals surface area contributed by atoms with Gasteiger partial charge in [-0.2, -0.15) is 0 Å². The second-order valence-electron chi connectivity index (χ2n) is 4.31. The average Bonchev–Trinajstić information content (AvgIpc) is 2.50.